The molecule has 0 unspecified atom stereocenters. The van der Waals surface area contributed by atoms with Crippen LogP contribution in [0.4, 0.5) is 11.6 Å². The lowest BCUT2D eigenvalue weighted by Gasteiger charge is -2.13. The van der Waals surface area contributed by atoms with Crippen molar-refractivity contribution in [3.63, 3.8) is 0 Å². The normalized spacial score (nSPS) is 10.7. The van der Waals surface area contributed by atoms with Gasteiger partial charge in [-0.2, -0.15) is 0 Å². The standard InChI is InChI=1S/C15H23N5O/c1-5-7-13-18-14(16-6-2)11(4)15(19-13)17-9-12-8-10(3)21-20-12/h8H,5-7,9H2,1-4H3,(H2,16,17,18,19). The topological polar surface area (TPSA) is 75.9 Å². The van der Waals surface area contributed by atoms with Gasteiger partial charge in [0, 0.05) is 24.6 Å². The predicted octanol–water partition coefficient (Wildman–Crippen LogP) is 3.08. The summed E-state index contributed by atoms with van der Waals surface area (Å²) in [4.78, 5) is 9.18. The summed E-state index contributed by atoms with van der Waals surface area (Å²) in [6.07, 6.45) is 1.90. The van der Waals surface area contributed by atoms with Gasteiger partial charge < -0.3 is 15.2 Å². The van der Waals surface area contributed by atoms with Gasteiger partial charge in [-0.15, -0.1) is 0 Å². The average Bonchev–Trinajstić information content (AvgIpc) is 2.87. The lowest BCUT2D eigenvalue weighted by atomic mass is 10.2. The van der Waals surface area contributed by atoms with Crippen molar-refractivity contribution in [2.45, 2.75) is 47.1 Å². The van der Waals surface area contributed by atoms with Gasteiger partial charge in [-0.05, 0) is 27.2 Å². The Labute approximate surface area is 125 Å². The molecule has 0 fully saturated rings. The summed E-state index contributed by atoms with van der Waals surface area (Å²) < 4.78 is 5.07. The molecular weight excluding hydrogens is 266 g/mol. The molecule has 21 heavy (non-hydrogen) atoms. The third-order valence-electron chi connectivity index (χ3n) is 3.12. The van der Waals surface area contributed by atoms with Gasteiger partial charge in [0.25, 0.3) is 0 Å². The Morgan fingerprint density at radius 2 is 1.81 bits per heavy atom. The number of aromatic nitrogens is 3. The van der Waals surface area contributed by atoms with Crippen molar-refractivity contribution in [1.82, 2.24) is 15.1 Å². The highest BCUT2D eigenvalue weighted by Crippen LogP contribution is 2.21. The van der Waals surface area contributed by atoms with Crippen molar-refractivity contribution < 1.29 is 4.52 Å². The van der Waals surface area contributed by atoms with Gasteiger partial charge in [0.1, 0.15) is 28.9 Å². The molecule has 0 aliphatic heterocycles. The molecule has 0 aliphatic carbocycles. The Morgan fingerprint density at radius 3 is 2.38 bits per heavy atom. The zero-order chi connectivity index (χ0) is 15.2. The highest BCUT2D eigenvalue weighted by Gasteiger charge is 2.11. The molecule has 0 saturated carbocycles. The maximum atomic E-state index is 5.07. The third-order valence-corrected chi connectivity index (χ3v) is 3.12. The fourth-order valence-electron chi connectivity index (χ4n) is 2.09. The number of nitrogens with zero attached hydrogens (tertiary/aromatic N) is 3. The number of anilines is 2. The number of aryl methyl sites for hydroxylation is 2. The molecule has 6 nitrogen and oxygen atoms in total. The van der Waals surface area contributed by atoms with E-state index in [1.165, 1.54) is 0 Å². The molecular formula is C15H23N5O. The third kappa shape index (κ3) is 3.93. The average molecular weight is 289 g/mol. The lowest BCUT2D eigenvalue weighted by Crippen LogP contribution is -2.11. The molecule has 2 N–H and O–H groups in total. The fourth-order valence-corrected chi connectivity index (χ4v) is 2.09. The molecule has 0 spiro atoms. The highest BCUT2D eigenvalue weighted by molar-refractivity contribution is 5.57. The molecule has 0 aromatic carbocycles. The van der Waals surface area contributed by atoms with Crippen LogP contribution in [0.5, 0.6) is 0 Å². The largest absolute Gasteiger partial charge is 0.370 e. The Morgan fingerprint density at radius 1 is 1.10 bits per heavy atom. The minimum absolute atomic E-state index is 0.590. The predicted molar refractivity (Wildman–Crippen MR) is 83.5 cm³/mol. The molecule has 2 heterocycles. The first-order valence-corrected chi connectivity index (χ1v) is 7.41. The van der Waals surface area contributed by atoms with Crippen LogP contribution in [0.25, 0.3) is 0 Å². The van der Waals surface area contributed by atoms with Crippen LogP contribution in [0, 0.1) is 13.8 Å². The summed E-state index contributed by atoms with van der Waals surface area (Å²) in [7, 11) is 0. The van der Waals surface area contributed by atoms with Gasteiger partial charge in [0.05, 0.1) is 6.54 Å². The number of hydrogen-bond acceptors (Lipinski definition) is 6. The van der Waals surface area contributed by atoms with Gasteiger partial charge >= 0.3 is 0 Å². The molecule has 2 rings (SSSR count). The van der Waals surface area contributed by atoms with Crippen LogP contribution in [-0.4, -0.2) is 21.7 Å². The zero-order valence-electron chi connectivity index (χ0n) is 13.2. The zero-order valence-corrected chi connectivity index (χ0v) is 13.2. The van der Waals surface area contributed by atoms with E-state index in [2.05, 4.69) is 39.6 Å². The van der Waals surface area contributed by atoms with Gasteiger partial charge in [-0.1, -0.05) is 12.1 Å². The molecule has 2 aromatic rings. The Hall–Kier alpha value is -2.11. The van der Waals surface area contributed by atoms with E-state index in [0.29, 0.717) is 6.54 Å². The molecule has 0 saturated heterocycles. The number of rotatable bonds is 7. The summed E-state index contributed by atoms with van der Waals surface area (Å²) in [5, 5.41) is 10.6. The van der Waals surface area contributed by atoms with Crippen LogP contribution >= 0.6 is 0 Å². The van der Waals surface area contributed by atoms with Gasteiger partial charge in [0.15, 0.2) is 0 Å². The summed E-state index contributed by atoms with van der Waals surface area (Å²) >= 11 is 0. The van der Waals surface area contributed by atoms with E-state index in [0.717, 1.165) is 53.9 Å². The van der Waals surface area contributed by atoms with E-state index in [1.807, 2.05) is 19.9 Å². The summed E-state index contributed by atoms with van der Waals surface area (Å²) in [5.74, 6) is 3.42. The lowest BCUT2D eigenvalue weighted by molar-refractivity contribution is 0.391. The van der Waals surface area contributed by atoms with Crippen molar-refractivity contribution in [3.05, 3.63) is 28.9 Å². The first-order chi connectivity index (χ1) is 10.1. The first-order valence-electron chi connectivity index (χ1n) is 7.41. The van der Waals surface area contributed by atoms with Crippen LogP contribution in [0.3, 0.4) is 0 Å². The van der Waals surface area contributed by atoms with Crippen molar-refractivity contribution in [1.29, 1.82) is 0 Å². The minimum atomic E-state index is 0.590. The number of hydrogen-bond donors (Lipinski definition) is 2. The van der Waals surface area contributed by atoms with E-state index < -0.39 is 0 Å². The molecule has 114 valence electrons. The minimum Gasteiger partial charge on any atom is -0.370 e. The molecule has 0 radical (unpaired) electrons. The van der Waals surface area contributed by atoms with Crippen molar-refractivity contribution in [2.75, 3.05) is 17.2 Å². The Bertz CT molecular complexity index is 594. The Kier molecular flexibility index (Phi) is 5.14. The monoisotopic (exact) mass is 289 g/mol. The van der Waals surface area contributed by atoms with Gasteiger partial charge in [-0.25, -0.2) is 9.97 Å². The summed E-state index contributed by atoms with van der Waals surface area (Å²) in [6, 6.07) is 1.92. The van der Waals surface area contributed by atoms with E-state index >= 15 is 0 Å². The smallest absolute Gasteiger partial charge is 0.135 e. The van der Waals surface area contributed by atoms with Crippen molar-refractivity contribution in [3.8, 4) is 0 Å². The van der Waals surface area contributed by atoms with E-state index in [9.17, 15) is 0 Å². The van der Waals surface area contributed by atoms with E-state index in [-0.39, 0.29) is 0 Å². The van der Waals surface area contributed by atoms with Crippen LogP contribution in [0.1, 0.15) is 43.1 Å². The van der Waals surface area contributed by atoms with Gasteiger partial charge in [-0.3, -0.25) is 0 Å². The molecule has 0 aliphatic rings. The second kappa shape index (κ2) is 7.06. The molecule has 0 atom stereocenters. The molecule has 0 bridgehead atoms. The van der Waals surface area contributed by atoms with Crippen LogP contribution in [0.2, 0.25) is 0 Å². The summed E-state index contributed by atoms with van der Waals surface area (Å²) in [6.45, 7) is 9.52. The highest BCUT2D eigenvalue weighted by atomic mass is 16.5. The second-order valence-electron chi connectivity index (χ2n) is 5.02. The van der Waals surface area contributed by atoms with Crippen LogP contribution < -0.4 is 10.6 Å². The summed E-state index contributed by atoms with van der Waals surface area (Å²) in [5.41, 5.74) is 1.89. The number of nitrogens with one attached hydrogen (secondary N) is 2. The van der Waals surface area contributed by atoms with Crippen LogP contribution in [0.15, 0.2) is 10.6 Å². The fraction of sp³-hybridized carbons (Fsp3) is 0.533. The maximum absolute atomic E-state index is 5.07. The quantitative estimate of drug-likeness (QED) is 0.815. The second-order valence-corrected chi connectivity index (χ2v) is 5.02. The molecule has 6 heteroatoms. The van der Waals surface area contributed by atoms with Crippen LogP contribution in [-0.2, 0) is 13.0 Å². The van der Waals surface area contributed by atoms with E-state index in [1.54, 1.807) is 0 Å². The van der Waals surface area contributed by atoms with E-state index in [4.69, 9.17) is 4.52 Å². The molecule has 2 aromatic heterocycles. The SMILES string of the molecule is CCCc1nc(NCC)c(C)c(NCc2cc(C)on2)n1. The van der Waals surface area contributed by atoms with Crippen molar-refractivity contribution >= 4 is 11.6 Å². The Balaban J connectivity index is 2.19. The van der Waals surface area contributed by atoms with Gasteiger partial charge in [0.2, 0.25) is 0 Å². The molecule has 0 amide bonds. The first kappa shape index (κ1) is 15.3. The maximum Gasteiger partial charge on any atom is 0.135 e. The van der Waals surface area contributed by atoms with Crippen molar-refractivity contribution in [2.24, 2.45) is 0 Å².